The molecule has 3 rings (SSSR count). The molecule has 26 heavy (non-hydrogen) atoms. The fourth-order valence-electron chi connectivity index (χ4n) is 2.31. The van der Waals surface area contributed by atoms with Gasteiger partial charge in [0.15, 0.2) is 5.76 Å². The van der Waals surface area contributed by atoms with Gasteiger partial charge in [0.2, 0.25) is 0 Å². The van der Waals surface area contributed by atoms with Crippen LogP contribution in [0.25, 0.3) is 11.3 Å². The number of hydrogen-bond acceptors (Lipinski definition) is 4. The summed E-state index contributed by atoms with van der Waals surface area (Å²) in [5.74, 6) is 0.0361. The maximum Gasteiger partial charge on any atom is 0.433 e. The van der Waals surface area contributed by atoms with E-state index in [9.17, 15) is 18.0 Å². The van der Waals surface area contributed by atoms with Crippen LogP contribution in [-0.2, 0) is 6.18 Å². The molecule has 5 nitrogen and oxygen atoms in total. The van der Waals surface area contributed by atoms with Crippen molar-refractivity contribution in [2.45, 2.75) is 19.1 Å². The summed E-state index contributed by atoms with van der Waals surface area (Å²) in [5.41, 5.74) is -0.0642. The van der Waals surface area contributed by atoms with Crippen molar-refractivity contribution in [1.82, 2.24) is 15.5 Å². The van der Waals surface area contributed by atoms with E-state index < -0.39 is 17.9 Å². The Kier molecular flexibility index (Phi) is 4.75. The third-order valence-electron chi connectivity index (χ3n) is 3.68. The molecule has 0 aliphatic carbocycles. The van der Waals surface area contributed by atoms with Crippen molar-refractivity contribution in [2.24, 2.45) is 0 Å². The van der Waals surface area contributed by atoms with Gasteiger partial charge in [0.05, 0.1) is 6.04 Å². The Balaban J connectivity index is 1.76. The molecule has 2 aromatic heterocycles. The number of nitrogens with zero attached hydrogens (tertiary/aromatic N) is 2. The molecule has 0 aliphatic heterocycles. The molecule has 0 aliphatic rings. The smallest absolute Gasteiger partial charge is 0.359 e. The average Bonchev–Trinajstić information content (AvgIpc) is 3.12. The topological polar surface area (TPSA) is 68.0 Å². The highest BCUT2D eigenvalue weighted by molar-refractivity contribution is 5.94. The predicted molar refractivity (Wildman–Crippen MR) is 87.1 cm³/mol. The van der Waals surface area contributed by atoms with Gasteiger partial charge in [0.25, 0.3) is 5.91 Å². The first kappa shape index (κ1) is 17.7. The summed E-state index contributed by atoms with van der Waals surface area (Å²) >= 11 is 0. The minimum Gasteiger partial charge on any atom is -0.359 e. The van der Waals surface area contributed by atoms with Crippen LogP contribution in [0.4, 0.5) is 13.2 Å². The van der Waals surface area contributed by atoms with E-state index in [1.165, 1.54) is 12.1 Å². The van der Waals surface area contributed by atoms with E-state index in [0.717, 1.165) is 12.3 Å². The van der Waals surface area contributed by atoms with Gasteiger partial charge in [0, 0.05) is 23.4 Å². The minimum atomic E-state index is -4.54. The average molecular weight is 361 g/mol. The van der Waals surface area contributed by atoms with E-state index in [4.69, 9.17) is 4.52 Å². The highest BCUT2D eigenvalue weighted by Crippen LogP contribution is 2.30. The standard InChI is InChI=1S/C18H14F3N3O2/c1-11(23-17(25)12-5-3-2-4-6-12)15-10-14(24-26-15)13-7-8-22-16(9-13)18(19,20)21/h2-11H,1H3,(H,23,25)/t11-/m0/s1. The summed E-state index contributed by atoms with van der Waals surface area (Å²) in [4.78, 5) is 15.5. The second kappa shape index (κ2) is 6.99. The number of halogens is 3. The van der Waals surface area contributed by atoms with E-state index in [1.807, 2.05) is 0 Å². The molecule has 8 heteroatoms. The van der Waals surface area contributed by atoms with Gasteiger partial charge in [-0.05, 0) is 31.2 Å². The zero-order chi connectivity index (χ0) is 18.7. The van der Waals surface area contributed by atoms with E-state index in [0.29, 0.717) is 11.3 Å². The zero-order valence-corrected chi connectivity index (χ0v) is 13.6. The lowest BCUT2D eigenvalue weighted by molar-refractivity contribution is -0.141. The molecule has 1 amide bonds. The number of amides is 1. The molecule has 2 heterocycles. The predicted octanol–water partition coefficient (Wildman–Crippen LogP) is 4.25. The monoisotopic (exact) mass is 361 g/mol. The van der Waals surface area contributed by atoms with Crippen LogP contribution in [0.1, 0.15) is 34.8 Å². The number of rotatable bonds is 4. The first-order chi connectivity index (χ1) is 12.3. The van der Waals surface area contributed by atoms with Gasteiger partial charge < -0.3 is 9.84 Å². The largest absolute Gasteiger partial charge is 0.433 e. The summed E-state index contributed by atoms with van der Waals surface area (Å²) in [6, 6.07) is 11.9. The number of benzene rings is 1. The Hall–Kier alpha value is -3.16. The van der Waals surface area contributed by atoms with Crippen LogP contribution in [0.3, 0.4) is 0 Å². The van der Waals surface area contributed by atoms with Gasteiger partial charge in [-0.1, -0.05) is 23.4 Å². The summed E-state index contributed by atoms with van der Waals surface area (Å²) < 4.78 is 43.5. The zero-order valence-electron chi connectivity index (χ0n) is 13.6. The number of aromatic nitrogens is 2. The molecule has 0 saturated heterocycles. The van der Waals surface area contributed by atoms with Crippen molar-refractivity contribution in [3.05, 3.63) is 71.7 Å². The summed E-state index contributed by atoms with van der Waals surface area (Å²) in [5, 5.41) is 6.54. The molecule has 0 saturated carbocycles. The summed E-state index contributed by atoms with van der Waals surface area (Å²) in [6.45, 7) is 1.69. The second-order valence-corrected chi connectivity index (χ2v) is 5.60. The maximum absolute atomic E-state index is 12.8. The lowest BCUT2D eigenvalue weighted by atomic mass is 10.1. The first-order valence-corrected chi connectivity index (χ1v) is 7.71. The fraction of sp³-hybridized carbons (Fsp3) is 0.167. The van der Waals surface area contributed by atoms with Crippen LogP contribution < -0.4 is 5.32 Å². The van der Waals surface area contributed by atoms with E-state index in [-0.39, 0.29) is 17.2 Å². The Labute approximate surface area is 146 Å². The third kappa shape index (κ3) is 3.90. The number of nitrogens with one attached hydrogen (secondary N) is 1. The van der Waals surface area contributed by atoms with Crippen LogP contribution in [0.15, 0.2) is 59.3 Å². The lowest BCUT2D eigenvalue weighted by Crippen LogP contribution is -2.26. The van der Waals surface area contributed by atoms with Gasteiger partial charge in [-0.15, -0.1) is 0 Å². The maximum atomic E-state index is 12.8. The SMILES string of the molecule is C[C@H](NC(=O)c1ccccc1)c1cc(-c2ccnc(C(F)(F)F)c2)no1. The molecular weight excluding hydrogens is 347 g/mol. The molecule has 0 radical (unpaired) electrons. The summed E-state index contributed by atoms with van der Waals surface area (Å²) in [7, 11) is 0. The minimum absolute atomic E-state index is 0.226. The van der Waals surface area contributed by atoms with Crippen molar-refractivity contribution in [1.29, 1.82) is 0 Å². The van der Waals surface area contributed by atoms with Crippen LogP contribution in [0.5, 0.6) is 0 Å². The quantitative estimate of drug-likeness (QED) is 0.754. The van der Waals surface area contributed by atoms with Crippen LogP contribution in [0.2, 0.25) is 0 Å². The molecule has 1 N–H and O–H groups in total. The number of carbonyl (C=O) groups excluding carboxylic acids is 1. The highest BCUT2D eigenvalue weighted by Gasteiger charge is 2.32. The van der Waals surface area contributed by atoms with Crippen molar-refractivity contribution in [3.8, 4) is 11.3 Å². The van der Waals surface area contributed by atoms with Crippen LogP contribution in [0, 0.1) is 0 Å². The normalized spacial score (nSPS) is 12.6. The van der Waals surface area contributed by atoms with Crippen molar-refractivity contribution >= 4 is 5.91 Å². The molecule has 1 atom stereocenters. The molecule has 134 valence electrons. The van der Waals surface area contributed by atoms with Crippen LogP contribution >= 0.6 is 0 Å². The van der Waals surface area contributed by atoms with Crippen molar-refractivity contribution in [3.63, 3.8) is 0 Å². The van der Waals surface area contributed by atoms with E-state index >= 15 is 0 Å². The van der Waals surface area contributed by atoms with Gasteiger partial charge in [-0.2, -0.15) is 13.2 Å². The van der Waals surface area contributed by atoms with Gasteiger partial charge in [0.1, 0.15) is 11.4 Å². The first-order valence-electron chi connectivity index (χ1n) is 7.71. The molecule has 0 bridgehead atoms. The molecule has 0 unspecified atom stereocenters. The summed E-state index contributed by atoms with van der Waals surface area (Å²) in [6.07, 6.45) is -3.48. The van der Waals surface area contributed by atoms with Crippen molar-refractivity contribution in [2.75, 3.05) is 0 Å². The van der Waals surface area contributed by atoms with Gasteiger partial charge in [-0.25, -0.2) is 0 Å². The highest BCUT2D eigenvalue weighted by atomic mass is 19.4. The molecule has 3 aromatic rings. The van der Waals surface area contributed by atoms with E-state index in [2.05, 4.69) is 15.5 Å². The molecule has 1 aromatic carbocycles. The lowest BCUT2D eigenvalue weighted by Gasteiger charge is -2.10. The Morgan fingerprint density at radius 3 is 2.58 bits per heavy atom. The number of pyridine rings is 1. The van der Waals surface area contributed by atoms with E-state index in [1.54, 1.807) is 37.3 Å². The van der Waals surface area contributed by atoms with Crippen LogP contribution in [-0.4, -0.2) is 16.0 Å². The molecule has 0 spiro atoms. The van der Waals surface area contributed by atoms with Gasteiger partial charge in [-0.3, -0.25) is 9.78 Å². The Morgan fingerprint density at radius 1 is 1.15 bits per heavy atom. The number of hydrogen-bond donors (Lipinski definition) is 1. The Morgan fingerprint density at radius 2 is 1.88 bits per heavy atom. The molecular formula is C18H14F3N3O2. The van der Waals surface area contributed by atoms with Crippen molar-refractivity contribution < 1.29 is 22.5 Å². The second-order valence-electron chi connectivity index (χ2n) is 5.60. The number of carbonyl (C=O) groups is 1. The molecule has 0 fully saturated rings. The third-order valence-corrected chi connectivity index (χ3v) is 3.68. The Bertz CT molecular complexity index is 907. The van der Waals surface area contributed by atoms with Gasteiger partial charge >= 0.3 is 6.18 Å². The number of alkyl halides is 3. The fourth-order valence-corrected chi connectivity index (χ4v) is 2.31.